The van der Waals surface area contributed by atoms with Gasteiger partial charge >= 0.3 is 0 Å². The van der Waals surface area contributed by atoms with Crippen molar-refractivity contribution in [3.63, 3.8) is 0 Å². The van der Waals surface area contributed by atoms with Crippen LogP contribution in [-0.4, -0.2) is 4.57 Å². The molecule has 5 heteroatoms. The van der Waals surface area contributed by atoms with Gasteiger partial charge in [0, 0.05) is 28.5 Å². The monoisotopic (exact) mass is 252 g/mol. The first-order chi connectivity index (χ1) is 8.06. The van der Waals surface area contributed by atoms with Gasteiger partial charge in [-0.1, -0.05) is 11.6 Å². The number of nitrogens with zero attached hydrogens (tertiary/aromatic N) is 1. The van der Waals surface area contributed by atoms with Crippen LogP contribution in [0.25, 0.3) is 0 Å². The van der Waals surface area contributed by atoms with Crippen LogP contribution in [0.4, 0.5) is 10.1 Å². The number of hydrogen-bond acceptors (Lipinski definition) is 2. The Balaban J connectivity index is 2.41. The Morgan fingerprint density at radius 2 is 2.06 bits per heavy atom. The summed E-state index contributed by atoms with van der Waals surface area (Å²) in [6.07, 6.45) is 1.47. The molecule has 0 unspecified atom stereocenters. The Hall–Kier alpha value is -1.81. The van der Waals surface area contributed by atoms with E-state index in [0.717, 1.165) is 0 Å². The highest BCUT2D eigenvalue weighted by atomic mass is 35.5. The molecule has 0 amide bonds. The van der Waals surface area contributed by atoms with Gasteiger partial charge in [0.15, 0.2) is 0 Å². The average Bonchev–Trinajstić information content (AvgIpc) is 2.28. The van der Waals surface area contributed by atoms with Crippen LogP contribution in [0.2, 0.25) is 5.02 Å². The Morgan fingerprint density at radius 3 is 2.82 bits per heavy atom. The lowest BCUT2D eigenvalue weighted by Gasteiger charge is -2.07. The molecule has 3 nitrogen and oxygen atoms in total. The lowest BCUT2D eigenvalue weighted by molar-refractivity contribution is 0.596. The van der Waals surface area contributed by atoms with Crippen LogP contribution in [-0.2, 0) is 6.54 Å². The summed E-state index contributed by atoms with van der Waals surface area (Å²) in [6.45, 7) is 0.107. The van der Waals surface area contributed by atoms with E-state index in [1.54, 1.807) is 0 Å². The minimum absolute atomic E-state index is 0.107. The third-order valence-corrected chi connectivity index (χ3v) is 2.59. The number of nitrogens with two attached hydrogens (primary N) is 1. The molecule has 1 aromatic heterocycles. The minimum atomic E-state index is -0.399. The van der Waals surface area contributed by atoms with Crippen LogP contribution in [0.3, 0.4) is 0 Å². The van der Waals surface area contributed by atoms with E-state index in [2.05, 4.69) is 0 Å². The van der Waals surface area contributed by atoms with E-state index in [1.807, 2.05) is 0 Å². The number of nitrogen functional groups attached to an aromatic ring is 1. The molecule has 88 valence electrons. The zero-order valence-electron chi connectivity index (χ0n) is 8.86. The summed E-state index contributed by atoms with van der Waals surface area (Å²) in [5.74, 6) is -0.399. The fraction of sp³-hybridized carbons (Fsp3) is 0.0833. The molecule has 0 atom stereocenters. The van der Waals surface area contributed by atoms with Crippen molar-refractivity contribution < 1.29 is 4.39 Å². The zero-order valence-corrected chi connectivity index (χ0v) is 9.62. The van der Waals surface area contributed by atoms with E-state index in [1.165, 1.54) is 41.1 Å². The van der Waals surface area contributed by atoms with E-state index < -0.39 is 5.82 Å². The van der Waals surface area contributed by atoms with Crippen LogP contribution >= 0.6 is 11.6 Å². The van der Waals surface area contributed by atoms with Crippen molar-refractivity contribution in [2.75, 3.05) is 5.73 Å². The molecule has 0 aliphatic carbocycles. The summed E-state index contributed by atoms with van der Waals surface area (Å²) >= 11 is 5.78. The van der Waals surface area contributed by atoms with Crippen LogP contribution in [0, 0.1) is 5.82 Å². The summed E-state index contributed by atoms with van der Waals surface area (Å²) in [6, 6.07) is 7.08. The van der Waals surface area contributed by atoms with Gasteiger partial charge in [0.05, 0.1) is 6.54 Å². The van der Waals surface area contributed by atoms with E-state index >= 15 is 0 Å². The zero-order chi connectivity index (χ0) is 12.4. The number of pyridine rings is 1. The van der Waals surface area contributed by atoms with E-state index in [4.69, 9.17) is 17.3 Å². The van der Waals surface area contributed by atoms with Crippen molar-refractivity contribution in [1.29, 1.82) is 0 Å². The third kappa shape index (κ3) is 2.65. The molecule has 0 radical (unpaired) electrons. The molecule has 0 bridgehead atoms. The molecule has 2 N–H and O–H groups in total. The molecule has 0 saturated carbocycles. The van der Waals surface area contributed by atoms with Crippen molar-refractivity contribution in [1.82, 2.24) is 4.57 Å². The lowest BCUT2D eigenvalue weighted by atomic mass is 10.2. The van der Waals surface area contributed by atoms with Gasteiger partial charge in [-0.05, 0) is 24.3 Å². The number of benzene rings is 1. The third-order valence-electron chi connectivity index (χ3n) is 2.35. The first-order valence-corrected chi connectivity index (χ1v) is 5.34. The molecule has 2 rings (SSSR count). The van der Waals surface area contributed by atoms with Gasteiger partial charge in [-0.25, -0.2) is 4.39 Å². The normalized spacial score (nSPS) is 10.5. The number of aromatic nitrogens is 1. The second-order valence-corrected chi connectivity index (χ2v) is 4.10. The summed E-state index contributed by atoms with van der Waals surface area (Å²) in [7, 11) is 0. The van der Waals surface area contributed by atoms with Crippen molar-refractivity contribution >= 4 is 17.3 Å². The maximum Gasteiger partial charge on any atom is 0.250 e. The Labute approximate surface area is 102 Å². The van der Waals surface area contributed by atoms with Crippen molar-refractivity contribution in [2.45, 2.75) is 6.54 Å². The smallest absolute Gasteiger partial charge is 0.250 e. The van der Waals surface area contributed by atoms with Crippen molar-refractivity contribution in [3.05, 3.63) is 63.3 Å². The highest BCUT2D eigenvalue weighted by Crippen LogP contribution is 2.15. The average molecular weight is 253 g/mol. The predicted molar refractivity (Wildman–Crippen MR) is 65.6 cm³/mol. The molecule has 1 heterocycles. The van der Waals surface area contributed by atoms with Crippen LogP contribution in [0.5, 0.6) is 0 Å². The number of hydrogen-bond donors (Lipinski definition) is 1. The van der Waals surface area contributed by atoms with Crippen molar-refractivity contribution in [2.24, 2.45) is 0 Å². The van der Waals surface area contributed by atoms with E-state index in [0.29, 0.717) is 16.3 Å². The summed E-state index contributed by atoms with van der Waals surface area (Å²) in [5, 5.41) is 0.429. The molecule has 0 spiro atoms. The Bertz CT molecular complexity index is 610. The summed E-state index contributed by atoms with van der Waals surface area (Å²) < 4.78 is 14.8. The largest absolute Gasteiger partial charge is 0.398 e. The first-order valence-electron chi connectivity index (χ1n) is 4.96. The minimum Gasteiger partial charge on any atom is -0.398 e. The SMILES string of the molecule is Nc1ccc(=O)n(Cc2cc(Cl)ccc2F)c1. The van der Waals surface area contributed by atoms with Crippen LogP contribution < -0.4 is 11.3 Å². The molecule has 0 aliphatic rings. The topological polar surface area (TPSA) is 48.0 Å². The van der Waals surface area contributed by atoms with Gasteiger partial charge in [-0.2, -0.15) is 0 Å². The van der Waals surface area contributed by atoms with Crippen LogP contribution in [0.15, 0.2) is 41.3 Å². The summed E-state index contributed by atoms with van der Waals surface area (Å²) in [5.41, 5.74) is 6.14. The highest BCUT2D eigenvalue weighted by molar-refractivity contribution is 6.30. The second kappa shape index (κ2) is 4.59. The van der Waals surface area contributed by atoms with Gasteiger partial charge in [0.2, 0.25) is 0 Å². The molecule has 0 aliphatic heterocycles. The molecule has 0 saturated heterocycles. The van der Waals surface area contributed by atoms with Crippen molar-refractivity contribution in [3.8, 4) is 0 Å². The van der Waals surface area contributed by atoms with Gasteiger partial charge < -0.3 is 10.3 Å². The molecule has 2 aromatic rings. The van der Waals surface area contributed by atoms with E-state index in [-0.39, 0.29) is 12.1 Å². The first kappa shape index (κ1) is 11.7. The Morgan fingerprint density at radius 1 is 1.29 bits per heavy atom. The molecular weight excluding hydrogens is 243 g/mol. The molecular formula is C12H10ClFN2O. The van der Waals surface area contributed by atoms with Gasteiger partial charge in [-0.15, -0.1) is 0 Å². The fourth-order valence-corrected chi connectivity index (χ4v) is 1.72. The highest BCUT2D eigenvalue weighted by Gasteiger charge is 2.05. The van der Waals surface area contributed by atoms with Gasteiger partial charge in [-0.3, -0.25) is 4.79 Å². The molecule has 0 fully saturated rings. The maximum atomic E-state index is 13.5. The van der Waals surface area contributed by atoms with E-state index in [9.17, 15) is 9.18 Å². The predicted octanol–water partition coefficient (Wildman–Crippen LogP) is 2.27. The number of halogens is 2. The van der Waals surface area contributed by atoms with Gasteiger partial charge in [0.25, 0.3) is 5.56 Å². The number of anilines is 1. The number of rotatable bonds is 2. The van der Waals surface area contributed by atoms with Gasteiger partial charge in [0.1, 0.15) is 5.82 Å². The fourth-order valence-electron chi connectivity index (χ4n) is 1.52. The lowest BCUT2D eigenvalue weighted by Crippen LogP contribution is -2.20. The quantitative estimate of drug-likeness (QED) is 0.891. The maximum absolute atomic E-state index is 13.5. The Kier molecular flexibility index (Phi) is 3.15. The standard InChI is InChI=1S/C12H10ClFN2O/c13-9-1-3-11(14)8(5-9)6-16-7-10(15)2-4-12(16)17/h1-5,7H,6,15H2. The molecule has 17 heavy (non-hydrogen) atoms. The summed E-state index contributed by atoms with van der Waals surface area (Å²) in [4.78, 5) is 11.5. The second-order valence-electron chi connectivity index (χ2n) is 3.66. The van der Waals surface area contributed by atoms with Crippen LogP contribution in [0.1, 0.15) is 5.56 Å². The molecule has 1 aromatic carbocycles.